The molecule has 0 radical (unpaired) electrons. The molecule has 0 aliphatic rings. The van der Waals surface area contributed by atoms with Gasteiger partial charge in [-0.15, -0.1) is 0 Å². The van der Waals surface area contributed by atoms with Crippen molar-refractivity contribution >= 4 is 0 Å². The van der Waals surface area contributed by atoms with E-state index < -0.39 is 0 Å². The van der Waals surface area contributed by atoms with Gasteiger partial charge in [-0.25, -0.2) is 4.98 Å². The standard InChI is InChI=1S/C10H20N4/c1-4-14(5-2)9(6-11)10-8(3)12-7-13-10/h7,9H,4-6,11H2,1-3H3,(H,12,13). The van der Waals surface area contributed by atoms with Crippen LogP contribution >= 0.6 is 0 Å². The summed E-state index contributed by atoms with van der Waals surface area (Å²) >= 11 is 0. The summed E-state index contributed by atoms with van der Waals surface area (Å²) in [5.41, 5.74) is 7.99. The van der Waals surface area contributed by atoms with Gasteiger partial charge in [0.05, 0.1) is 18.1 Å². The fraction of sp³-hybridized carbons (Fsp3) is 0.700. The fourth-order valence-electron chi connectivity index (χ4n) is 1.80. The summed E-state index contributed by atoms with van der Waals surface area (Å²) in [7, 11) is 0. The number of nitrogens with one attached hydrogen (secondary N) is 1. The van der Waals surface area contributed by atoms with Crippen LogP contribution in [0.1, 0.15) is 31.3 Å². The molecule has 0 aliphatic heterocycles. The number of hydrogen-bond acceptors (Lipinski definition) is 3. The average molecular weight is 196 g/mol. The second kappa shape index (κ2) is 5.12. The lowest BCUT2D eigenvalue weighted by atomic mass is 10.1. The van der Waals surface area contributed by atoms with E-state index in [0.717, 1.165) is 24.5 Å². The Bertz CT molecular complexity index is 265. The number of imidazole rings is 1. The quantitative estimate of drug-likeness (QED) is 0.740. The second-order valence-corrected chi connectivity index (χ2v) is 3.39. The molecule has 0 amide bonds. The summed E-state index contributed by atoms with van der Waals surface area (Å²) in [5.74, 6) is 0. The Morgan fingerprint density at radius 3 is 2.50 bits per heavy atom. The molecule has 0 spiro atoms. The normalized spacial score (nSPS) is 13.5. The summed E-state index contributed by atoms with van der Waals surface area (Å²) in [5, 5.41) is 0. The van der Waals surface area contributed by atoms with E-state index in [-0.39, 0.29) is 6.04 Å². The summed E-state index contributed by atoms with van der Waals surface area (Å²) in [6.45, 7) is 8.96. The van der Waals surface area contributed by atoms with Gasteiger partial charge >= 0.3 is 0 Å². The van der Waals surface area contributed by atoms with E-state index in [0.29, 0.717) is 6.54 Å². The summed E-state index contributed by atoms with van der Waals surface area (Å²) in [4.78, 5) is 9.74. The van der Waals surface area contributed by atoms with Crippen molar-refractivity contribution in [3.63, 3.8) is 0 Å². The predicted molar refractivity (Wildman–Crippen MR) is 58.0 cm³/mol. The van der Waals surface area contributed by atoms with E-state index >= 15 is 0 Å². The molecule has 1 atom stereocenters. The first-order valence-corrected chi connectivity index (χ1v) is 5.18. The van der Waals surface area contributed by atoms with Crippen molar-refractivity contribution in [2.24, 2.45) is 5.73 Å². The van der Waals surface area contributed by atoms with Crippen LogP contribution in [0.25, 0.3) is 0 Å². The van der Waals surface area contributed by atoms with E-state index in [4.69, 9.17) is 5.73 Å². The molecule has 0 aromatic carbocycles. The van der Waals surface area contributed by atoms with Crippen LogP contribution in [-0.2, 0) is 0 Å². The van der Waals surface area contributed by atoms with Crippen molar-refractivity contribution < 1.29 is 0 Å². The van der Waals surface area contributed by atoms with Crippen molar-refractivity contribution in [1.29, 1.82) is 0 Å². The molecular formula is C10H20N4. The molecule has 0 saturated carbocycles. The summed E-state index contributed by atoms with van der Waals surface area (Å²) < 4.78 is 0. The molecule has 4 heteroatoms. The highest BCUT2D eigenvalue weighted by molar-refractivity contribution is 5.14. The number of rotatable bonds is 5. The van der Waals surface area contributed by atoms with E-state index in [9.17, 15) is 0 Å². The minimum absolute atomic E-state index is 0.247. The van der Waals surface area contributed by atoms with Crippen LogP contribution in [0.15, 0.2) is 6.33 Å². The lowest BCUT2D eigenvalue weighted by Gasteiger charge is -2.27. The minimum atomic E-state index is 0.247. The van der Waals surface area contributed by atoms with Crippen molar-refractivity contribution in [3.8, 4) is 0 Å². The number of nitrogens with two attached hydrogens (primary N) is 1. The van der Waals surface area contributed by atoms with Gasteiger partial charge in [-0.05, 0) is 20.0 Å². The molecule has 0 bridgehead atoms. The number of aryl methyl sites for hydroxylation is 1. The van der Waals surface area contributed by atoms with Gasteiger partial charge in [0.25, 0.3) is 0 Å². The molecule has 0 fully saturated rings. The maximum atomic E-state index is 5.79. The number of hydrogen-bond donors (Lipinski definition) is 2. The Labute approximate surface area is 85.5 Å². The molecule has 0 aliphatic carbocycles. The van der Waals surface area contributed by atoms with Crippen molar-refractivity contribution in [3.05, 3.63) is 17.7 Å². The van der Waals surface area contributed by atoms with Crippen molar-refractivity contribution in [2.45, 2.75) is 26.8 Å². The van der Waals surface area contributed by atoms with E-state index in [1.54, 1.807) is 6.33 Å². The van der Waals surface area contributed by atoms with Crippen LogP contribution in [0.3, 0.4) is 0 Å². The van der Waals surface area contributed by atoms with Gasteiger partial charge in [0.15, 0.2) is 0 Å². The van der Waals surface area contributed by atoms with Gasteiger partial charge in [-0.1, -0.05) is 13.8 Å². The Balaban J connectivity index is 2.86. The Morgan fingerprint density at radius 2 is 2.14 bits per heavy atom. The maximum Gasteiger partial charge on any atom is 0.0925 e. The molecule has 14 heavy (non-hydrogen) atoms. The second-order valence-electron chi connectivity index (χ2n) is 3.39. The van der Waals surface area contributed by atoms with Gasteiger partial charge < -0.3 is 10.7 Å². The zero-order valence-electron chi connectivity index (χ0n) is 9.25. The molecule has 1 aromatic rings. The number of nitrogens with zero attached hydrogens (tertiary/aromatic N) is 2. The summed E-state index contributed by atoms with van der Waals surface area (Å²) in [6.07, 6.45) is 1.73. The molecule has 0 saturated heterocycles. The maximum absolute atomic E-state index is 5.79. The Morgan fingerprint density at radius 1 is 1.50 bits per heavy atom. The Kier molecular flexibility index (Phi) is 4.10. The first kappa shape index (κ1) is 11.2. The molecule has 1 unspecified atom stereocenters. The first-order valence-electron chi connectivity index (χ1n) is 5.18. The third-order valence-corrected chi connectivity index (χ3v) is 2.66. The predicted octanol–water partition coefficient (Wildman–Crippen LogP) is 1.06. The topological polar surface area (TPSA) is 57.9 Å². The van der Waals surface area contributed by atoms with Crippen molar-refractivity contribution in [2.75, 3.05) is 19.6 Å². The first-order chi connectivity index (χ1) is 6.74. The van der Waals surface area contributed by atoms with Crippen LogP contribution < -0.4 is 5.73 Å². The SMILES string of the molecule is CCN(CC)C(CN)c1nc[nH]c1C. The highest BCUT2D eigenvalue weighted by atomic mass is 15.2. The number of aromatic amines is 1. The largest absolute Gasteiger partial charge is 0.348 e. The number of likely N-dealkylation sites (N-methyl/N-ethyl adjacent to an activating group) is 1. The van der Waals surface area contributed by atoms with Crippen LogP contribution in [0, 0.1) is 6.92 Å². The van der Waals surface area contributed by atoms with Gasteiger partial charge in [-0.3, -0.25) is 4.90 Å². The van der Waals surface area contributed by atoms with Crippen LogP contribution in [-0.4, -0.2) is 34.5 Å². The van der Waals surface area contributed by atoms with Gasteiger partial charge in [0.1, 0.15) is 0 Å². The fourth-order valence-corrected chi connectivity index (χ4v) is 1.80. The lowest BCUT2D eigenvalue weighted by Crippen LogP contribution is -2.34. The molecule has 1 heterocycles. The molecule has 1 aromatic heterocycles. The Hall–Kier alpha value is -0.870. The van der Waals surface area contributed by atoms with E-state index in [1.807, 2.05) is 6.92 Å². The monoisotopic (exact) mass is 196 g/mol. The van der Waals surface area contributed by atoms with E-state index in [1.165, 1.54) is 0 Å². The van der Waals surface area contributed by atoms with Crippen molar-refractivity contribution in [1.82, 2.24) is 14.9 Å². The molecule has 3 N–H and O–H groups in total. The van der Waals surface area contributed by atoms with Crippen LogP contribution in [0.4, 0.5) is 0 Å². The highest BCUT2D eigenvalue weighted by Crippen LogP contribution is 2.19. The minimum Gasteiger partial charge on any atom is -0.348 e. The molecule has 4 nitrogen and oxygen atoms in total. The molecular weight excluding hydrogens is 176 g/mol. The van der Waals surface area contributed by atoms with Gasteiger partial charge in [0.2, 0.25) is 0 Å². The zero-order chi connectivity index (χ0) is 10.6. The van der Waals surface area contributed by atoms with E-state index in [2.05, 4.69) is 28.7 Å². The van der Waals surface area contributed by atoms with Gasteiger partial charge in [-0.2, -0.15) is 0 Å². The lowest BCUT2D eigenvalue weighted by molar-refractivity contribution is 0.220. The van der Waals surface area contributed by atoms with Gasteiger partial charge in [0, 0.05) is 12.2 Å². The zero-order valence-corrected chi connectivity index (χ0v) is 9.25. The number of H-pyrrole nitrogens is 1. The molecule has 1 rings (SSSR count). The third kappa shape index (κ3) is 2.13. The molecule has 80 valence electrons. The average Bonchev–Trinajstić information content (AvgIpc) is 2.61. The smallest absolute Gasteiger partial charge is 0.0925 e. The van der Waals surface area contributed by atoms with Crippen LogP contribution in [0.5, 0.6) is 0 Å². The third-order valence-electron chi connectivity index (χ3n) is 2.66. The van der Waals surface area contributed by atoms with Crippen LogP contribution in [0.2, 0.25) is 0 Å². The highest BCUT2D eigenvalue weighted by Gasteiger charge is 2.19. The summed E-state index contributed by atoms with van der Waals surface area (Å²) in [6, 6.07) is 0.247. The number of aromatic nitrogens is 2.